The van der Waals surface area contributed by atoms with Crippen LogP contribution in [0.2, 0.25) is 4.34 Å². The minimum Gasteiger partial charge on any atom is -0.363 e. The lowest BCUT2D eigenvalue weighted by Gasteiger charge is -2.07. The normalized spacial score (nSPS) is 11.3. The fraction of sp³-hybridized carbons (Fsp3) is 0.115. The van der Waals surface area contributed by atoms with E-state index in [2.05, 4.69) is 32.5 Å². The number of nitrogens with zero attached hydrogens (tertiary/aromatic N) is 6. The Balaban J connectivity index is 1.14. The second kappa shape index (κ2) is 10.3. The van der Waals surface area contributed by atoms with E-state index in [0.717, 1.165) is 42.2 Å². The number of rotatable bonds is 8. The zero-order valence-electron chi connectivity index (χ0n) is 19.4. The summed E-state index contributed by atoms with van der Waals surface area (Å²) in [5, 5.41) is 11.9. The zero-order chi connectivity index (χ0) is 25.2. The predicted molar refractivity (Wildman–Crippen MR) is 148 cm³/mol. The van der Waals surface area contributed by atoms with Crippen LogP contribution in [0.4, 0.5) is 5.82 Å². The van der Waals surface area contributed by atoms with Gasteiger partial charge in [-0.15, -0.1) is 22.7 Å². The van der Waals surface area contributed by atoms with Crippen molar-refractivity contribution in [2.75, 3.05) is 5.32 Å². The van der Waals surface area contributed by atoms with E-state index in [-0.39, 0.29) is 5.56 Å². The van der Waals surface area contributed by atoms with E-state index in [0.29, 0.717) is 25.3 Å². The minimum atomic E-state index is -0.0111. The first-order valence-electron chi connectivity index (χ1n) is 11.5. The Morgan fingerprint density at radius 3 is 2.59 bits per heavy atom. The van der Waals surface area contributed by atoms with Crippen LogP contribution < -0.4 is 10.9 Å². The van der Waals surface area contributed by atoms with Gasteiger partial charge in [0.15, 0.2) is 5.65 Å². The quantitative estimate of drug-likeness (QED) is 0.270. The van der Waals surface area contributed by atoms with Gasteiger partial charge in [-0.25, -0.2) is 15.0 Å². The largest absolute Gasteiger partial charge is 0.363 e. The van der Waals surface area contributed by atoms with Crippen LogP contribution in [0.5, 0.6) is 0 Å². The minimum absolute atomic E-state index is 0.0111. The van der Waals surface area contributed by atoms with E-state index in [1.165, 1.54) is 17.7 Å². The molecule has 0 radical (unpaired) electrons. The number of aromatic nitrogens is 6. The summed E-state index contributed by atoms with van der Waals surface area (Å²) in [7, 11) is 0. The van der Waals surface area contributed by atoms with Gasteiger partial charge in [-0.3, -0.25) is 9.48 Å². The number of thiophene rings is 1. The zero-order valence-corrected chi connectivity index (χ0v) is 21.8. The first-order chi connectivity index (χ1) is 18.1. The summed E-state index contributed by atoms with van der Waals surface area (Å²) in [5.74, 6) is 0.718. The number of thiazole rings is 1. The van der Waals surface area contributed by atoms with Crippen LogP contribution in [0.1, 0.15) is 16.1 Å². The van der Waals surface area contributed by atoms with Gasteiger partial charge < -0.3 is 9.88 Å². The van der Waals surface area contributed by atoms with Crippen LogP contribution in [-0.4, -0.2) is 29.3 Å². The van der Waals surface area contributed by atoms with Gasteiger partial charge in [0.05, 0.1) is 39.9 Å². The van der Waals surface area contributed by atoms with Crippen LogP contribution in [-0.2, 0) is 19.6 Å². The van der Waals surface area contributed by atoms with Crippen molar-refractivity contribution in [2.45, 2.75) is 19.6 Å². The maximum absolute atomic E-state index is 12.0. The number of pyridine rings is 1. The molecule has 0 bridgehead atoms. The van der Waals surface area contributed by atoms with Crippen molar-refractivity contribution in [3.8, 4) is 10.6 Å². The molecule has 0 fully saturated rings. The van der Waals surface area contributed by atoms with E-state index in [4.69, 9.17) is 16.6 Å². The topological polar surface area (TPSA) is 90.5 Å². The van der Waals surface area contributed by atoms with Gasteiger partial charge in [-0.05, 0) is 29.3 Å². The molecule has 37 heavy (non-hydrogen) atoms. The van der Waals surface area contributed by atoms with E-state index in [9.17, 15) is 4.79 Å². The molecule has 0 unspecified atom stereocenters. The number of hydrogen-bond acceptors (Lipinski definition) is 8. The Morgan fingerprint density at radius 1 is 0.973 bits per heavy atom. The molecule has 1 N–H and O–H groups in total. The molecule has 0 saturated heterocycles. The fourth-order valence-corrected chi connectivity index (χ4v) is 5.76. The Morgan fingerprint density at radius 2 is 1.81 bits per heavy atom. The number of halogens is 1. The Bertz CT molecular complexity index is 1740. The fourth-order valence-electron chi connectivity index (χ4n) is 3.95. The summed E-state index contributed by atoms with van der Waals surface area (Å²) in [4.78, 5) is 26.5. The summed E-state index contributed by atoms with van der Waals surface area (Å²) in [6, 6.07) is 17.2. The van der Waals surface area contributed by atoms with Crippen LogP contribution in [0.25, 0.3) is 21.6 Å². The standard InChI is InChI=1S/C26H20ClN7OS2/c27-22-9-8-21(37-22)20-15-36-23(31-20)11-28-25-19-14-34(32-26(19)30-16-29-25)13-18-6-4-17(5-7-18)12-33-10-2-1-3-24(33)35/h1-10,14-16H,11-13H2,(H,28,29,30,32). The van der Waals surface area contributed by atoms with Crippen LogP contribution >= 0.6 is 34.3 Å². The van der Waals surface area contributed by atoms with Crippen molar-refractivity contribution < 1.29 is 0 Å². The first-order valence-corrected chi connectivity index (χ1v) is 13.5. The maximum atomic E-state index is 12.0. The second-order valence-corrected chi connectivity index (χ2v) is 11.0. The van der Waals surface area contributed by atoms with E-state index < -0.39 is 0 Å². The molecule has 0 spiro atoms. The molecule has 0 aliphatic rings. The van der Waals surface area contributed by atoms with Gasteiger partial charge in [0, 0.05) is 23.8 Å². The van der Waals surface area contributed by atoms with Crippen molar-refractivity contribution in [1.82, 2.24) is 29.3 Å². The van der Waals surface area contributed by atoms with Gasteiger partial charge in [0.25, 0.3) is 5.56 Å². The number of benzene rings is 1. The molecule has 0 aliphatic carbocycles. The molecule has 5 heterocycles. The molecule has 6 rings (SSSR count). The third-order valence-electron chi connectivity index (χ3n) is 5.77. The average molecular weight is 546 g/mol. The molecule has 0 saturated carbocycles. The van der Waals surface area contributed by atoms with Crippen molar-refractivity contribution in [2.24, 2.45) is 0 Å². The number of fused-ring (bicyclic) bond motifs is 1. The lowest BCUT2D eigenvalue weighted by molar-refractivity contribution is 0.692. The van der Waals surface area contributed by atoms with Crippen molar-refractivity contribution in [1.29, 1.82) is 0 Å². The third kappa shape index (κ3) is 5.31. The summed E-state index contributed by atoms with van der Waals surface area (Å²) in [6.07, 6.45) is 5.27. The van der Waals surface area contributed by atoms with Crippen LogP contribution in [0, 0.1) is 0 Å². The lowest BCUT2D eigenvalue weighted by Crippen LogP contribution is -2.18. The molecule has 0 aliphatic heterocycles. The summed E-state index contributed by atoms with van der Waals surface area (Å²) < 4.78 is 4.30. The highest BCUT2D eigenvalue weighted by Gasteiger charge is 2.11. The van der Waals surface area contributed by atoms with E-state index >= 15 is 0 Å². The van der Waals surface area contributed by atoms with E-state index in [1.54, 1.807) is 34.2 Å². The Kier molecular flexibility index (Phi) is 6.52. The molecule has 11 heteroatoms. The van der Waals surface area contributed by atoms with Crippen molar-refractivity contribution in [3.05, 3.63) is 110 Å². The summed E-state index contributed by atoms with van der Waals surface area (Å²) >= 11 is 9.17. The monoisotopic (exact) mass is 545 g/mol. The third-order valence-corrected chi connectivity index (χ3v) is 7.87. The molecule has 6 aromatic rings. The number of hydrogen-bond donors (Lipinski definition) is 1. The van der Waals surface area contributed by atoms with E-state index in [1.807, 2.05) is 46.6 Å². The highest BCUT2D eigenvalue weighted by Crippen LogP contribution is 2.32. The average Bonchev–Trinajstić information content (AvgIpc) is 3.65. The smallest absolute Gasteiger partial charge is 0.250 e. The molecular weight excluding hydrogens is 526 g/mol. The SMILES string of the molecule is O=c1ccccn1Cc1ccc(Cn2cc3c(NCc4nc(-c5ccc(Cl)s5)cs4)ncnc3n2)cc1. The predicted octanol–water partition coefficient (Wildman–Crippen LogP) is 5.54. The number of nitrogens with one attached hydrogen (secondary N) is 1. The Hall–Kier alpha value is -3.86. The van der Waals surface area contributed by atoms with Crippen LogP contribution in [0.3, 0.4) is 0 Å². The molecule has 8 nitrogen and oxygen atoms in total. The maximum Gasteiger partial charge on any atom is 0.250 e. The molecule has 0 atom stereocenters. The Labute approximate surface area is 224 Å². The first kappa shape index (κ1) is 23.5. The highest BCUT2D eigenvalue weighted by molar-refractivity contribution is 7.19. The summed E-state index contributed by atoms with van der Waals surface area (Å²) in [5.41, 5.74) is 3.71. The molecular formula is C26H20ClN7OS2. The molecule has 1 aromatic carbocycles. The van der Waals surface area contributed by atoms with Gasteiger partial charge >= 0.3 is 0 Å². The van der Waals surface area contributed by atoms with Gasteiger partial charge in [-0.2, -0.15) is 5.10 Å². The van der Waals surface area contributed by atoms with Crippen LogP contribution in [0.15, 0.2) is 83.5 Å². The van der Waals surface area contributed by atoms with Gasteiger partial charge in [0.1, 0.15) is 17.2 Å². The van der Waals surface area contributed by atoms with Crippen molar-refractivity contribution >= 4 is 51.1 Å². The lowest BCUT2D eigenvalue weighted by atomic mass is 10.1. The molecule has 5 aromatic heterocycles. The molecule has 0 amide bonds. The van der Waals surface area contributed by atoms with Gasteiger partial charge in [0.2, 0.25) is 0 Å². The highest BCUT2D eigenvalue weighted by atomic mass is 35.5. The molecule has 184 valence electrons. The number of anilines is 1. The van der Waals surface area contributed by atoms with Crippen molar-refractivity contribution in [3.63, 3.8) is 0 Å². The summed E-state index contributed by atoms with van der Waals surface area (Å²) in [6.45, 7) is 1.69. The van der Waals surface area contributed by atoms with Gasteiger partial charge in [-0.1, -0.05) is 41.9 Å². The second-order valence-electron chi connectivity index (χ2n) is 8.35.